The van der Waals surface area contributed by atoms with Crippen molar-refractivity contribution in [3.8, 4) is 5.75 Å². The van der Waals surface area contributed by atoms with Gasteiger partial charge in [-0.2, -0.15) is 0 Å². The zero-order valence-corrected chi connectivity index (χ0v) is 18.2. The maximum atomic E-state index is 12.8. The van der Waals surface area contributed by atoms with Crippen LogP contribution in [0.15, 0.2) is 77.7 Å². The van der Waals surface area contributed by atoms with Gasteiger partial charge < -0.3 is 9.64 Å². The summed E-state index contributed by atoms with van der Waals surface area (Å²) in [6.07, 6.45) is 0.821. The highest BCUT2D eigenvalue weighted by molar-refractivity contribution is 7.92. The van der Waals surface area contributed by atoms with Crippen molar-refractivity contribution in [1.29, 1.82) is 0 Å². The molecule has 0 spiro atoms. The minimum atomic E-state index is -3.72. The second-order valence-electron chi connectivity index (χ2n) is 7.63. The third-order valence-corrected chi connectivity index (χ3v) is 6.69. The lowest BCUT2D eigenvalue weighted by molar-refractivity contribution is -0.120. The molecule has 1 heterocycles. The molecule has 4 rings (SSSR count). The summed E-state index contributed by atoms with van der Waals surface area (Å²) in [5.74, 6) is 0.353. The second kappa shape index (κ2) is 8.43. The van der Waals surface area contributed by atoms with Crippen molar-refractivity contribution >= 4 is 27.3 Å². The van der Waals surface area contributed by atoms with Gasteiger partial charge in [-0.15, -0.1) is 0 Å². The molecule has 0 fully saturated rings. The molecule has 160 valence electrons. The van der Waals surface area contributed by atoms with E-state index in [-0.39, 0.29) is 23.5 Å². The van der Waals surface area contributed by atoms with Crippen molar-refractivity contribution in [1.82, 2.24) is 0 Å². The van der Waals surface area contributed by atoms with Crippen LogP contribution in [0.5, 0.6) is 5.75 Å². The Morgan fingerprint density at radius 2 is 1.77 bits per heavy atom. The minimum Gasteiger partial charge on any atom is -0.483 e. The lowest BCUT2D eigenvalue weighted by Gasteiger charge is -2.23. The third-order valence-electron chi connectivity index (χ3n) is 5.31. The van der Waals surface area contributed by atoms with Crippen LogP contribution in [0.4, 0.5) is 11.4 Å². The Hall–Kier alpha value is -3.32. The van der Waals surface area contributed by atoms with E-state index >= 15 is 0 Å². The fourth-order valence-electron chi connectivity index (χ4n) is 3.83. The van der Waals surface area contributed by atoms with Crippen molar-refractivity contribution in [2.75, 3.05) is 16.2 Å². The first-order valence-corrected chi connectivity index (χ1v) is 11.5. The quantitative estimate of drug-likeness (QED) is 0.630. The van der Waals surface area contributed by atoms with Crippen molar-refractivity contribution in [2.45, 2.75) is 31.2 Å². The van der Waals surface area contributed by atoms with Crippen molar-refractivity contribution < 1.29 is 17.9 Å². The van der Waals surface area contributed by atoms with Crippen LogP contribution in [0.3, 0.4) is 0 Å². The van der Waals surface area contributed by atoms with Crippen molar-refractivity contribution in [3.05, 3.63) is 83.9 Å². The molecular weight excluding hydrogens is 412 g/mol. The number of hydrogen-bond donors (Lipinski definition) is 1. The minimum absolute atomic E-state index is 0.0752. The number of ether oxygens (including phenoxy) is 1. The highest BCUT2D eigenvalue weighted by Gasteiger charge is 2.30. The third kappa shape index (κ3) is 4.41. The number of nitrogens with one attached hydrogen (secondary N) is 1. The number of sulfonamides is 1. The number of benzene rings is 3. The van der Waals surface area contributed by atoms with Crippen LogP contribution in [-0.2, 0) is 21.2 Å². The fraction of sp³-hybridized carbons (Fsp3) is 0.208. The van der Waals surface area contributed by atoms with E-state index in [0.717, 1.165) is 17.7 Å². The fourth-order valence-corrected chi connectivity index (χ4v) is 4.97. The number of rotatable bonds is 6. The molecule has 0 saturated heterocycles. The topological polar surface area (TPSA) is 75.7 Å². The molecule has 1 atom stereocenters. The summed E-state index contributed by atoms with van der Waals surface area (Å²) < 4.78 is 33.6. The van der Waals surface area contributed by atoms with E-state index in [4.69, 9.17) is 4.74 Å². The molecule has 3 aromatic carbocycles. The zero-order chi connectivity index (χ0) is 22.0. The van der Waals surface area contributed by atoms with Gasteiger partial charge >= 0.3 is 0 Å². The number of para-hydroxylation sites is 2. The lowest BCUT2D eigenvalue weighted by Crippen LogP contribution is -2.39. The largest absolute Gasteiger partial charge is 0.483 e. The Bertz CT molecular complexity index is 1210. The van der Waals surface area contributed by atoms with Gasteiger partial charge in [-0.1, -0.05) is 36.4 Å². The Morgan fingerprint density at radius 1 is 1.06 bits per heavy atom. The molecule has 31 heavy (non-hydrogen) atoms. The molecule has 1 amide bonds. The van der Waals surface area contributed by atoms with Gasteiger partial charge in [-0.25, -0.2) is 8.42 Å². The number of anilines is 2. The summed E-state index contributed by atoms with van der Waals surface area (Å²) >= 11 is 0. The molecule has 0 aliphatic carbocycles. The average molecular weight is 437 g/mol. The second-order valence-corrected chi connectivity index (χ2v) is 9.32. The van der Waals surface area contributed by atoms with E-state index in [9.17, 15) is 13.2 Å². The molecule has 1 aliphatic rings. The Morgan fingerprint density at radius 3 is 2.52 bits per heavy atom. The van der Waals surface area contributed by atoms with E-state index in [1.165, 1.54) is 6.07 Å². The van der Waals surface area contributed by atoms with Crippen molar-refractivity contribution in [3.63, 3.8) is 0 Å². The molecule has 6 nitrogen and oxygen atoms in total. The maximum Gasteiger partial charge on any atom is 0.265 e. The number of hydrogen-bond acceptors (Lipinski definition) is 4. The lowest BCUT2D eigenvalue weighted by atomic mass is 10.1. The molecule has 1 aliphatic heterocycles. The number of carbonyl (C=O) groups excluding carboxylic acids is 1. The molecule has 1 N–H and O–H groups in total. The SMILES string of the molecule is Cc1cc(S(=O)(=O)Nc2ccccc2)ccc1OCC(=O)N1c2ccccc2C[C@H]1C. The summed E-state index contributed by atoms with van der Waals surface area (Å²) in [4.78, 5) is 14.7. The monoisotopic (exact) mass is 436 g/mol. The first-order valence-electron chi connectivity index (χ1n) is 10.1. The molecule has 0 saturated carbocycles. The molecule has 0 bridgehead atoms. The van der Waals surface area contributed by atoms with Crippen LogP contribution >= 0.6 is 0 Å². The van der Waals surface area contributed by atoms with Crippen LogP contribution in [0.1, 0.15) is 18.1 Å². The average Bonchev–Trinajstić information content (AvgIpc) is 3.08. The number of nitrogens with zero attached hydrogens (tertiary/aromatic N) is 1. The molecule has 0 radical (unpaired) electrons. The van der Waals surface area contributed by atoms with Crippen LogP contribution in [0.25, 0.3) is 0 Å². The summed E-state index contributed by atoms with van der Waals surface area (Å²) in [5.41, 5.74) is 3.21. The van der Waals surface area contributed by atoms with E-state index < -0.39 is 10.0 Å². The standard InChI is InChI=1S/C24H24N2O4S/c1-17-14-21(31(28,29)25-20-9-4-3-5-10-20)12-13-23(17)30-16-24(27)26-18(2)15-19-8-6-7-11-22(19)26/h3-14,18,25H,15-16H2,1-2H3/t18-/m1/s1. The zero-order valence-electron chi connectivity index (χ0n) is 17.4. The molecular formula is C24H24N2O4S. The number of fused-ring (bicyclic) bond motifs is 1. The summed E-state index contributed by atoms with van der Waals surface area (Å²) in [5, 5.41) is 0. The van der Waals surface area contributed by atoms with Crippen LogP contribution in [0, 0.1) is 6.92 Å². The van der Waals surface area contributed by atoms with Crippen LogP contribution < -0.4 is 14.4 Å². The molecule has 7 heteroatoms. The Kier molecular flexibility index (Phi) is 5.69. The predicted octanol–water partition coefficient (Wildman–Crippen LogP) is 4.15. The van der Waals surface area contributed by atoms with E-state index in [1.807, 2.05) is 37.3 Å². The number of amides is 1. The van der Waals surface area contributed by atoms with Gasteiger partial charge in [0, 0.05) is 17.4 Å². The summed E-state index contributed by atoms with van der Waals surface area (Å²) in [6, 6.07) is 21.3. The van der Waals surface area contributed by atoms with Gasteiger partial charge in [0.15, 0.2) is 6.61 Å². The van der Waals surface area contributed by atoms with Crippen molar-refractivity contribution in [2.24, 2.45) is 0 Å². The molecule has 3 aromatic rings. The van der Waals surface area contributed by atoms with Gasteiger partial charge in [0.1, 0.15) is 5.75 Å². The van der Waals surface area contributed by atoms with Gasteiger partial charge in [0.2, 0.25) is 0 Å². The summed E-state index contributed by atoms with van der Waals surface area (Å²) in [7, 11) is -3.72. The smallest absolute Gasteiger partial charge is 0.265 e. The first kappa shape index (κ1) is 20.9. The molecule has 0 unspecified atom stereocenters. The van der Waals surface area contributed by atoms with E-state index in [2.05, 4.69) is 4.72 Å². The van der Waals surface area contributed by atoms with Crippen LogP contribution in [0.2, 0.25) is 0 Å². The predicted molar refractivity (Wildman–Crippen MR) is 121 cm³/mol. The Balaban J connectivity index is 1.45. The summed E-state index contributed by atoms with van der Waals surface area (Å²) in [6.45, 7) is 3.66. The molecule has 0 aromatic heterocycles. The number of aryl methyl sites for hydroxylation is 1. The maximum absolute atomic E-state index is 12.8. The first-order chi connectivity index (χ1) is 14.8. The van der Waals surface area contributed by atoms with Gasteiger partial charge in [0.05, 0.1) is 4.90 Å². The van der Waals surface area contributed by atoms with Gasteiger partial charge in [0.25, 0.3) is 15.9 Å². The highest BCUT2D eigenvalue weighted by atomic mass is 32.2. The van der Waals surface area contributed by atoms with E-state index in [0.29, 0.717) is 17.0 Å². The van der Waals surface area contributed by atoms with Gasteiger partial charge in [-0.05, 0) is 67.8 Å². The van der Waals surface area contributed by atoms with Gasteiger partial charge in [-0.3, -0.25) is 9.52 Å². The van der Waals surface area contributed by atoms with Crippen LogP contribution in [-0.4, -0.2) is 27.0 Å². The Labute approximate surface area is 182 Å². The van der Waals surface area contributed by atoms with E-state index in [1.54, 1.807) is 48.2 Å². The number of carbonyl (C=O) groups is 1. The normalized spacial score (nSPS) is 15.4. The highest BCUT2D eigenvalue weighted by Crippen LogP contribution is 2.32.